The third-order valence-corrected chi connectivity index (χ3v) is 3.12. The van der Waals surface area contributed by atoms with Crippen molar-refractivity contribution >= 4 is 5.78 Å². The van der Waals surface area contributed by atoms with Crippen molar-refractivity contribution in [3.8, 4) is 0 Å². The minimum Gasteiger partial charge on any atom is -0.294 e. The van der Waals surface area contributed by atoms with E-state index in [1.165, 1.54) is 30.5 Å². The molecular formula is C13H17NO. The summed E-state index contributed by atoms with van der Waals surface area (Å²) in [6.07, 6.45) is 5.91. The Kier molecular flexibility index (Phi) is 2.85. The molecule has 15 heavy (non-hydrogen) atoms. The van der Waals surface area contributed by atoms with Crippen molar-refractivity contribution in [3.63, 3.8) is 0 Å². The quantitative estimate of drug-likeness (QED) is 0.519. The van der Waals surface area contributed by atoms with Gasteiger partial charge in [0.15, 0.2) is 5.78 Å². The highest BCUT2D eigenvalue weighted by atomic mass is 16.1. The number of fused-ring (bicyclic) bond motifs is 1. The van der Waals surface area contributed by atoms with Gasteiger partial charge in [0.2, 0.25) is 0 Å². The summed E-state index contributed by atoms with van der Waals surface area (Å²) in [6, 6.07) is 2.06. The molecule has 0 amide bonds. The molecule has 1 aromatic heterocycles. The lowest BCUT2D eigenvalue weighted by molar-refractivity contribution is 0.101. The molecule has 0 N–H and O–H groups in total. The summed E-state index contributed by atoms with van der Waals surface area (Å²) in [5.41, 5.74) is 4.21. The Morgan fingerprint density at radius 1 is 1.27 bits per heavy atom. The van der Waals surface area contributed by atoms with E-state index >= 15 is 0 Å². The van der Waals surface area contributed by atoms with Gasteiger partial charge in [-0.2, -0.15) is 0 Å². The number of ketones is 1. The van der Waals surface area contributed by atoms with Gasteiger partial charge >= 0.3 is 0 Å². The average molecular weight is 203 g/mol. The molecule has 1 aromatic rings. The maximum Gasteiger partial charge on any atom is 0.161 e. The topological polar surface area (TPSA) is 30.0 Å². The van der Waals surface area contributed by atoms with Crippen molar-refractivity contribution in [3.05, 3.63) is 28.6 Å². The molecule has 0 bridgehead atoms. The minimum atomic E-state index is 0.132. The van der Waals surface area contributed by atoms with Crippen LogP contribution < -0.4 is 0 Å². The van der Waals surface area contributed by atoms with Crippen LogP contribution in [0, 0.1) is 6.92 Å². The summed E-state index contributed by atoms with van der Waals surface area (Å²) in [7, 11) is 0. The number of carbonyl (C=O) groups is 1. The lowest BCUT2D eigenvalue weighted by Crippen LogP contribution is -2.05. The number of pyridine rings is 1. The lowest BCUT2D eigenvalue weighted by atomic mass is 10.0. The molecular weight excluding hydrogens is 186 g/mol. The molecule has 0 saturated heterocycles. The number of hydrogen-bond donors (Lipinski definition) is 0. The lowest BCUT2D eigenvalue weighted by Gasteiger charge is -2.09. The smallest absolute Gasteiger partial charge is 0.161 e. The van der Waals surface area contributed by atoms with Crippen molar-refractivity contribution in [2.45, 2.75) is 46.0 Å². The van der Waals surface area contributed by atoms with Crippen molar-refractivity contribution in [1.29, 1.82) is 0 Å². The normalized spacial score (nSPS) is 15.6. The molecule has 1 aliphatic carbocycles. The zero-order chi connectivity index (χ0) is 10.8. The zero-order valence-corrected chi connectivity index (χ0v) is 9.47. The number of carbonyl (C=O) groups excluding carboxylic acids is 1. The molecule has 0 radical (unpaired) electrons. The van der Waals surface area contributed by atoms with Crippen molar-refractivity contribution < 1.29 is 4.79 Å². The van der Waals surface area contributed by atoms with Crippen molar-refractivity contribution in [2.75, 3.05) is 0 Å². The van der Waals surface area contributed by atoms with E-state index in [0.717, 1.165) is 24.1 Å². The number of aromatic nitrogens is 1. The summed E-state index contributed by atoms with van der Waals surface area (Å²) < 4.78 is 0. The third kappa shape index (κ3) is 2.09. The van der Waals surface area contributed by atoms with Crippen LogP contribution >= 0.6 is 0 Å². The monoisotopic (exact) mass is 203 g/mol. The van der Waals surface area contributed by atoms with Gasteiger partial charge < -0.3 is 0 Å². The second-order valence-corrected chi connectivity index (χ2v) is 4.34. The molecule has 0 saturated carbocycles. The molecule has 1 aliphatic rings. The Bertz CT molecular complexity index is 396. The van der Waals surface area contributed by atoms with E-state index in [0.29, 0.717) is 0 Å². The maximum atomic E-state index is 11.4. The Hall–Kier alpha value is -1.18. The van der Waals surface area contributed by atoms with E-state index in [1.54, 1.807) is 6.92 Å². The van der Waals surface area contributed by atoms with Gasteiger partial charge in [-0.05, 0) is 51.2 Å². The van der Waals surface area contributed by atoms with E-state index < -0.39 is 0 Å². The number of hydrogen-bond acceptors (Lipinski definition) is 2. The first kappa shape index (κ1) is 10.3. The molecule has 2 nitrogen and oxygen atoms in total. The SMILES string of the molecule is CC(=O)c1cc2c(nc1C)CCCCC2. The highest BCUT2D eigenvalue weighted by molar-refractivity contribution is 5.95. The van der Waals surface area contributed by atoms with Crippen molar-refractivity contribution in [2.24, 2.45) is 0 Å². The molecule has 0 atom stereocenters. The summed E-state index contributed by atoms with van der Waals surface area (Å²) >= 11 is 0. The van der Waals surface area contributed by atoms with Crippen LogP contribution in [0.15, 0.2) is 6.07 Å². The van der Waals surface area contributed by atoms with Gasteiger partial charge in [-0.25, -0.2) is 0 Å². The first-order valence-corrected chi connectivity index (χ1v) is 5.69. The molecule has 0 aromatic carbocycles. The Balaban J connectivity index is 2.47. The number of aryl methyl sites for hydroxylation is 3. The summed E-state index contributed by atoms with van der Waals surface area (Å²) in [4.78, 5) is 16.0. The fraction of sp³-hybridized carbons (Fsp3) is 0.538. The van der Waals surface area contributed by atoms with Gasteiger partial charge in [-0.15, -0.1) is 0 Å². The van der Waals surface area contributed by atoms with Crippen LogP contribution in [-0.2, 0) is 12.8 Å². The first-order valence-electron chi connectivity index (χ1n) is 5.69. The fourth-order valence-electron chi connectivity index (χ4n) is 2.27. The summed E-state index contributed by atoms with van der Waals surface area (Å²) in [6.45, 7) is 3.55. The zero-order valence-electron chi connectivity index (χ0n) is 9.47. The molecule has 2 heteroatoms. The molecule has 0 spiro atoms. The molecule has 0 aliphatic heterocycles. The average Bonchev–Trinajstić information content (AvgIpc) is 2.40. The Morgan fingerprint density at radius 2 is 2.00 bits per heavy atom. The number of Topliss-reactive ketones (excluding diaryl/α,β-unsaturated/α-hetero) is 1. The van der Waals surface area contributed by atoms with Crippen LogP contribution in [-0.4, -0.2) is 10.8 Å². The standard InChI is InChI=1S/C13H17NO/c1-9-12(10(2)15)8-11-6-4-3-5-7-13(11)14-9/h8H,3-7H2,1-2H3. The maximum absolute atomic E-state index is 11.4. The molecule has 0 fully saturated rings. The Labute approximate surface area is 90.7 Å². The molecule has 80 valence electrons. The summed E-state index contributed by atoms with van der Waals surface area (Å²) in [5.74, 6) is 0.132. The molecule has 0 unspecified atom stereocenters. The van der Waals surface area contributed by atoms with E-state index in [4.69, 9.17) is 0 Å². The van der Waals surface area contributed by atoms with Crippen LogP contribution in [0.3, 0.4) is 0 Å². The highest BCUT2D eigenvalue weighted by Crippen LogP contribution is 2.21. The first-order chi connectivity index (χ1) is 7.18. The Morgan fingerprint density at radius 3 is 2.73 bits per heavy atom. The molecule has 1 heterocycles. The van der Waals surface area contributed by atoms with E-state index in [-0.39, 0.29) is 5.78 Å². The van der Waals surface area contributed by atoms with Crippen LogP contribution in [0.25, 0.3) is 0 Å². The van der Waals surface area contributed by atoms with Gasteiger partial charge in [-0.1, -0.05) is 6.42 Å². The van der Waals surface area contributed by atoms with Gasteiger partial charge in [-0.3, -0.25) is 9.78 Å². The minimum absolute atomic E-state index is 0.132. The van der Waals surface area contributed by atoms with E-state index in [1.807, 2.05) is 6.92 Å². The van der Waals surface area contributed by atoms with Crippen LogP contribution in [0.5, 0.6) is 0 Å². The van der Waals surface area contributed by atoms with Crippen molar-refractivity contribution in [1.82, 2.24) is 4.98 Å². The van der Waals surface area contributed by atoms with Gasteiger partial charge in [0, 0.05) is 17.0 Å². The van der Waals surface area contributed by atoms with Gasteiger partial charge in [0.25, 0.3) is 0 Å². The van der Waals surface area contributed by atoms with Gasteiger partial charge in [0.05, 0.1) is 0 Å². The van der Waals surface area contributed by atoms with Crippen LogP contribution in [0.4, 0.5) is 0 Å². The van der Waals surface area contributed by atoms with Crippen LogP contribution in [0.1, 0.15) is 53.5 Å². The van der Waals surface area contributed by atoms with Gasteiger partial charge in [0.1, 0.15) is 0 Å². The fourth-order valence-corrected chi connectivity index (χ4v) is 2.27. The second kappa shape index (κ2) is 4.13. The van der Waals surface area contributed by atoms with Crippen LogP contribution in [0.2, 0.25) is 0 Å². The third-order valence-electron chi connectivity index (χ3n) is 3.12. The largest absolute Gasteiger partial charge is 0.294 e. The second-order valence-electron chi connectivity index (χ2n) is 4.34. The van der Waals surface area contributed by atoms with E-state index in [2.05, 4.69) is 11.1 Å². The van der Waals surface area contributed by atoms with E-state index in [9.17, 15) is 4.79 Å². The summed E-state index contributed by atoms with van der Waals surface area (Å²) in [5, 5.41) is 0. The predicted octanol–water partition coefficient (Wildman–Crippen LogP) is 2.86. The number of rotatable bonds is 1. The highest BCUT2D eigenvalue weighted by Gasteiger charge is 2.13. The predicted molar refractivity (Wildman–Crippen MR) is 60.2 cm³/mol. The number of nitrogens with zero attached hydrogens (tertiary/aromatic N) is 1. The molecule has 2 rings (SSSR count).